The van der Waals surface area contributed by atoms with E-state index >= 15 is 0 Å². The van der Waals surface area contributed by atoms with Gasteiger partial charge in [0.15, 0.2) is 0 Å². The first-order chi connectivity index (χ1) is 16.0. The highest BCUT2D eigenvalue weighted by Gasteiger charge is 2.18. The molecular weight excluding hydrogens is 419 g/mol. The Labute approximate surface area is 188 Å². The summed E-state index contributed by atoms with van der Waals surface area (Å²) in [7, 11) is 0. The van der Waals surface area contributed by atoms with Crippen molar-refractivity contribution in [2.45, 2.75) is 20.0 Å². The molecule has 3 aromatic carbocycles. The molecule has 2 aromatic heterocycles. The number of nitrogens with one attached hydrogen (secondary N) is 1. The number of benzene rings is 3. The molecule has 0 radical (unpaired) electrons. The van der Waals surface area contributed by atoms with Crippen LogP contribution in [0.15, 0.2) is 83.9 Å². The van der Waals surface area contributed by atoms with Crippen LogP contribution in [0.5, 0.6) is 0 Å². The van der Waals surface area contributed by atoms with Gasteiger partial charge in [0.05, 0.1) is 18.4 Å². The van der Waals surface area contributed by atoms with E-state index in [2.05, 4.69) is 10.3 Å². The molecule has 2 heterocycles. The van der Waals surface area contributed by atoms with Gasteiger partial charge in [0, 0.05) is 11.1 Å². The standard InChI is InChI=1S/C26H21FN4O2/c1-17-6-2-4-8-21(17)29-23(32)15-31-22-9-5-3-7-20(22)24-25(31)26(33)30(16-28-24)14-18-10-12-19(27)13-11-18/h2-13,16H,14-15H2,1H3,(H,29,32). The second-order valence-electron chi connectivity index (χ2n) is 7.97. The molecule has 6 nitrogen and oxygen atoms in total. The number of hydrogen-bond donors (Lipinski definition) is 1. The summed E-state index contributed by atoms with van der Waals surface area (Å²) in [5.41, 5.74) is 3.88. The topological polar surface area (TPSA) is 68.9 Å². The van der Waals surface area contributed by atoms with Crippen molar-refractivity contribution in [2.24, 2.45) is 0 Å². The Morgan fingerprint density at radius 3 is 2.52 bits per heavy atom. The van der Waals surface area contributed by atoms with Crippen LogP contribution < -0.4 is 10.9 Å². The van der Waals surface area contributed by atoms with Gasteiger partial charge in [-0.25, -0.2) is 9.37 Å². The van der Waals surface area contributed by atoms with Crippen LogP contribution in [0.3, 0.4) is 0 Å². The van der Waals surface area contributed by atoms with E-state index in [-0.39, 0.29) is 30.4 Å². The highest BCUT2D eigenvalue weighted by molar-refractivity contribution is 6.06. The lowest BCUT2D eigenvalue weighted by Crippen LogP contribution is -2.25. The largest absolute Gasteiger partial charge is 0.325 e. The maximum absolute atomic E-state index is 13.5. The van der Waals surface area contributed by atoms with E-state index in [1.165, 1.54) is 23.0 Å². The predicted octanol–water partition coefficient (Wildman–Crippen LogP) is 4.49. The third-order valence-electron chi connectivity index (χ3n) is 5.72. The lowest BCUT2D eigenvalue weighted by atomic mass is 10.2. The Balaban J connectivity index is 1.58. The maximum Gasteiger partial charge on any atom is 0.278 e. The van der Waals surface area contributed by atoms with Gasteiger partial charge in [-0.1, -0.05) is 48.5 Å². The average molecular weight is 440 g/mol. The Bertz CT molecular complexity index is 1550. The lowest BCUT2D eigenvalue weighted by Gasteiger charge is -2.11. The predicted molar refractivity (Wildman–Crippen MR) is 127 cm³/mol. The number of halogens is 1. The molecule has 7 heteroatoms. The number of fused-ring (bicyclic) bond motifs is 3. The van der Waals surface area contributed by atoms with E-state index in [9.17, 15) is 14.0 Å². The van der Waals surface area contributed by atoms with Crippen LogP contribution in [-0.2, 0) is 17.9 Å². The van der Waals surface area contributed by atoms with Crippen molar-refractivity contribution in [2.75, 3.05) is 5.32 Å². The quantitative estimate of drug-likeness (QED) is 0.438. The van der Waals surface area contributed by atoms with Gasteiger partial charge in [0.25, 0.3) is 5.56 Å². The van der Waals surface area contributed by atoms with Gasteiger partial charge in [-0.2, -0.15) is 0 Å². The molecule has 164 valence electrons. The molecule has 1 amide bonds. The molecule has 0 unspecified atom stereocenters. The molecule has 0 aliphatic carbocycles. The summed E-state index contributed by atoms with van der Waals surface area (Å²) in [6.45, 7) is 2.14. The van der Waals surface area contributed by atoms with Gasteiger partial charge in [-0.05, 0) is 42.3 Å². The monoisotopic (exact) mass is 440 g/mol. The summed E-state index contributed by atoms with van der Waals surface area (Å²) in [4.78, 5) is 31.0. The third-order valence-corrected chi connectivity index (χ3v) is 5.72. The number of hydrogen-bond acceptors (Lipinski definition) is 3. The van der Waals surface area contributed by atoms with Crippen molar-refractivity contribution in [3.63, 3.8) is 0 Å². The highest BCUT2D eigenvalue weighted by atomic mass is 19.1. The molecule has 5 aromatic rings. The number of aromatic nitrogens is 3. The van der Waals surface area contributed by atoms with Crippen molar-refractivity contribution >= 4 is 33.5 Å². The SMILES string of the molecule is Cc1ccccc1NC(=O)Cn1c2ccccc2c2ncn(Cc3ccc(F)cc3)c(=O)c21. The zero-order valence-electron chi connectivity index (χ0n) is 18.0. The summed E-state index contributed by atoms with van der Waals surface area (Å²) in [5.74, 6) is -0.570. The summed E-state index contributed by atoms with van der Waals surface area (Å²) < 4.78 is 16.5. The molecule has 0 fully saturated rings. The maximum atomic E-state index is 13.5. The number of carbonyl (C=O) groups is 1. The molecule has 0 atom stereocenters. The molecular formula is C26H21FN4O2. The van der Waals surface area contributed by atoms with Crippen LogP contribution in [0, 0.1) is 12.7 Å². The minimum absolute atomic E-state index is 0.0319. The number of aryl methyl sites for hydroxylation is 1. The minimum Gasteiger partial charge on any atom is -0.325 e. The van der Waals surface area contributed by atoms with Crippen LogP contribution in [-0.4, -0.2) is 20.0 Å². The molecule has 5 rings (SSSR count). The van der Waals surface area contributed by atoms with Gasteiger partial charge in [0.2, 0.25) is 5.91 Å². The van der Waals surface area contributed by atoms with Gasteiger partial charge in [-0.3, -0.25) is 14.2 Å². The molecule has 0 saturated carbocycles. The van der Waals surface area contributed by atoms with E-state index in [4.69, 9.17) is 0 Å². The van der Waals surface area contributed by atoms with Crippen molar-refractivity contribution in [1.82, 2.24) is 14.1 Å². The van der Waals surface area contributed by atoms with E-state index in [1.54, 1.807) is 16.7 Å². The Morgan fingerprint density at radius 1 is 1.00 bits per heavy atom. The average Bonchev–Trinajstić information content (AvgIpc) is 3.13. The summed E-state index contributed by atoms with van der Waals surface area (Å²) in [6, 6.07) is 21.1. The third kappa shape index (κ3) is 3.89. The van der Waals surface area contributed by atoms with Crippen molar-refractivity contribution in [3.05, 3.63) is 106 Å². The Hall–Kier alpha value is -4.26. The van der Waals surface area contributed by atoms with Gasteiger partial charge < -0.3 is 9.88 Å². The van der Waals surface area contributed by atoms with E-state index in [1.807, 2.05) is 55.5 Å². The summed E-state index contributed by atoms with van der Waals surface area (Å²) in [5, 5.41) is 3.74. The number of para-hydroxylation sites is 2. The second kappa shape index (κ2) is 8.35. The first-order valence-corrected chi connectivity index (χ1v) is 10.6. The van der Waals surface area contributed by atoms with Crippen molar-refractivity contribution in [3.8, 4) is 0 Å². The van der Waals surface area contributed by atoms with E-state index < -0.39 is 0 Å². The molecule has 33 heavy (non-hydrogen) atoms. The summed E-state index contributed by atoms with van der Waals surface area (Å²) in [6.07, 6.45) is 1.50. The van der Waals surface area contributed by atoms with Crippen LogP contribution in [0.1, 0.15) is 11.1 Å². The lowest BCUT2D eigenvalue weighted by molar-refractivity contribution is -0.116. The fourth-order valence-electron chi connectivity index (χ4n) is 4.06. The fraction of sp³-hybridized carbons (Fsp3) is 0.115. The second-order valence-corrected chi connectivity index (χ2v) is 7.97. The zero-order valence-corrected chi connectivity index (χ0v) is 18.0. The molecule has 0 aliphatic heterocycles. The molecule has 0 aliphatic rings. The van der Waals surface area contributed by atoms with Crippen LogP contribution in [0.25, 0.3) is 21.9 Å². The number of rotatable bonds is 5. The zero-order chi connectivity index (χ0) is 22.9. The normalized spacial score (nSPS) is 11.2. The van der Waals surface area contributed by atoms with Gasteiger partial charge in [0.1, 0.15) is 23.4 Å². The summed E-state index contributed by atoms with van der Waals surface area (Å²) >= 11 is 0. The molecule has 0 spiro atoms. The minimum atomic E-state index is -0.334. The van der Waals surface area contributed by atoms with E-state index in [0.717, 1.165) is 27.7 Å². The van der Waals surface area contributed by atoms with Crippen LogP contribution >= 0.6 is 0 Å². The Kier molecular flexibility index (Phi) is 5.22. The van der Waals surface area contributed by atoms with Crippen molar-refractivity contribution < 1.29 is 9.18 Å². The Morgan fingerprint density at radius 2 is 1.73 bits per heavy atom. The molecule has 1 N–H and O–H groups in total. The van der Waals surface area contributed by atoms with Gasteiger partial charge in [-0.15, -0.1) is 0 Å². The first-order valence-electron chi connectivity index (χ1n) is 10.6. The number of nitrogens with zero attached hydrogens (tertiary/aromatic N) is 3. The van der Waals surface area contributed by atoms with Gasteiger partial charge >= 0.3 is 0 Å². The molecule has 0 saturated heterocycles. The smallest absolute Gasteiger partial charge is 0.278 e. The van der Waals surface area contributed by atoms with Crippen LogP contribution in [0.4, 0.5) is 10.1 Å². The first kappa shape index (κ1) is 20.6. The fourth-order valence-corrected chi connectivity index (χ4v) is 4.06. The number of amides is 1. The van der Waals surface area contributed by atoms with Crippen molar-refractivity contribution in [1.29, 1.82) is 0 Å². The van der Waals surface area contributed by atoms with E-state index in [0.29, 0.717) is 11.0 Å². The molecule has 0 bridgehead atoms. The number of carbonyl (C=O) groups excluding carboxylic acids is 1. The highest BCUT2D eigenvalue weighted by Crippen LogP contribution is 2.25. The van der Waals surface area contributed by atoms with Crippen LogP contribution in [0.2, 0.25) is 0 Å². The number of anilines is 1.